The van der Waals surface area contributed by atoms with Gasteiger partial charge in [-0.25, -0.2) is 4.79 Å². The van der Waals surface area contributed by atoms with E-state index >= 15 is 0 Å². The number of nitrogens with two attached hydrogens (primary N) is 1. The monoisotopic (exact) mass is 412 g/mol. The normalized spacial score (nSPS) is 25.6. The van der Waals surface area contributed by atoms with Crippen LogP contribution in [0.2, 0.25) is 0 Å². The van der Waals surface area contributed by atoms with Crippen LogP contribution in [0.15, 0.2) is 11.6 Å². The molecular weight excluding hydrogens is 380 g/mol. The molecule has 4 rings (SSSR count). The molecule has 5 heteroatoms. The Labute approximate surface area is 178 Å². The number of carboxylic acid groups (broad SMARTS) is 1. The number of hydrogen-bond acceptors (Lipinski definition) is 4. The van der Waals surface area contributed by atoms with E-state index in [0.29, 0.717) is 16.7 Å². The minimum atomic E-state index is -0.823. The zero-order chi connectivity index (χ0) is 20.4. The first-order chi connectivity index (χ1) is 14.0. The van der Waals surface area contributed by atoms with E-state index in [2.05, 4.69) is 29.9 Å². The molecule has 0 saturated heterocycles. The molecule has 156 valence electrons. The van der Waals surface area contributed by atoms with Crippen molar-refractivity contribution >= 4 is 22.9 Å². The van der Waals surface area contributed by atoms with Gasteiger partial charge in [0.25, 0.3) is 0 Å². The van der Waals surface area contributed by atoms with Crippen LogP contribution in [0.4, 0.5) is 0 Å². The minimum Gasteiger partial charge on any atom is -0.477 e. The largest absolute Gasteiger partial charge is 0.477 e. The Morgan fingerprint density at radius 3 is 2.69 bits per heavy atom. The van der Waals surface area contributed by atoms with Crippen LogP contribution in [-0.2, 0) is 0 Å². The van der Waals surface area contributed by atoms with Crippen LogP contribution in [0.5, 0.6) is 0 Å². The summed E-state index contributed by atoms with van der Waals surface area (Å²) in [5, 5.41) is 9.87. The van der Waals surface area contributed by atoms with Crippen molar-refractivity contribution in [2.24, 2.45) is 23.5 Å². The molecule has 3 aliphatic rings. The highest BCUT2D eigenvalue weighted by molar-refractivity contribution is 7.14. The highest BCUT2D eigenvalue weighted by atomic mass is 32.1. The van der Waals surface area contributed by atoms with E-state index < -0.39 is 5.97 Å². The Hall–Kier alpha value is -1.61. The maximum atomic E-state index is 12.0. The van der Waals surface area contributed by atoms with E-state index in [0.717, 1.165) is 48.8 Å². The van der Waals surface area contributed by atoms with Gasteiger partial charge in [0, 0.05) is 24.6 Å². The first-order valence-electron chi connectivity index (χ1n) is 11.0. The van der Waals surface area contributed by atoms with E-state index in [1.807, 2.05) is 0 Å². The second-order valence-electron chi connectivity index (χ2n) is 8.99. The van der Waals surface area contributed by atoms with Crippen molar-refractivity contribution in [1.29, 1.82) is 0 Å². The molecule has 4 nitrogen and oxygen atoms in total. The van der Waals surface area contributed by atoms with E-state index in [1.54, 1.807) is 0 Å². The van der Waals surface area contributed by atoms with Gasteiger partial charge in [0.05, 0.1) is 4.88 Å². The van der Waals surface area contributed by atoms with Crippen molar-refractivity contribution < 1.29 is 9.90 Å². The Bertz CT molecular complexity index is 848. The van der Waals surface area contributed by atoms with Crippen molar-refractivity contribution in [2.75, 3.05) is 26.7 Å². The molecule has 0 aromatic carbocycles. The van der Waals surface area contributed by atoms with Gasteiger partial charge >= 0.3 is 5.97 Å². The van der Waals surface area contributed by atoms with Crippen LogP contribution in [0, 0.1) is 29.6 Å². The van der Waals surface area contributed by atoms with Gasteiger partial charge in [-0.2, -0.15) is 0 Å². The van der Waals surface area contributed by atoms with Crippen LogP contribution < -0.4 is 5.73 Å². The average Bonchev–Trinajstić information content (AvgIpc) is 3.44. The van der Waals surface area contributed by atoms with Crippen LogP contribution in [0.1, 0.15) is 71.5 Å². The molecule has 1 aromatic heterocycles. The number of carbonyl (C=O) groups is 1. The van der Waals surface area contributed by atoms with E-state index in [-0.39, 0.29) is 0 Å². The van der Waals surface area contributed by atoms with Crippen molar-refractivity contribution in [3.63, 3.8) is 0 Å². The number of rotatable bonds is 5. The van der Waals surface area contributed by atoms with Crippen molar-refractivity contribution in [2.45, 2.75) is 51.4 Å². The second-order valence-corrected chi connectivity index (χ2v) is 10.0. The lowest BCUT2D eigenvalue weighted by molar-refractivity contribution is 0.0702. The Morgan fingerprint density at radius 1 is 1.28 bits per heavy atom. The van der Waals surface area contributed by atoms with Gasteiger partial charge in [-0.1, -0.05) is 17.4 Å². The molecule has 3 N–H and O–H groups in total. The highest BCUT2D eigenvalue weighted by Crippen LogP contribution is 2.42. The smallest absolute Gasteiger partial charge is 0.346 e. The molecule has 0 radical (unpaired) electrons. The summed E-state index contributed by atoms with van der Waals surface area (Å²) in [5.74, 6) is 7.59. The third-order valence-electron chi connectivity index (χ3n) is 6.72. The van der Waals surface area contributed by atoms with Crippen molar-refractivity contribution in [3.05, 3.63) is 27.0 Å². The Morgan fingerprint density at radius 2 is 2.03 bits per heavy atom. The molecular formula is C24H32N2O2S. The minimum absolute atomic E-state index is 0.463. The second kappa shape index (κ2) is 9.04. The molecule has 2 saturated carbocycles. The zero-order valence-corrected chi connectivity index (χ0v) is 18.2. The quantitative estimate of drug-likeness (QED) is 0.701. The SMILES string of the molecule is CN1CCC(C2CCC(CCN)CC2)=C(c2cc(C#CC3CC3)sc2C(=O)O)C1. The van der Waals surface area contributed by atoms with Gasteiger partial charge in [-0.05, 0) is 88.4 Å². The lowest BCUT2D eigenvalue weighted by Crippen LogP contribution is -2.31. The lowest BCUT2D eigenvalue weighted by Gasteiger charge is -2.36. The number of likely N-dealkylation sites (N-methyl/N-ethyl adjacent to an activating group) is 1. The van der Waals surface area contributed by atoms with E-state index in [9.17, 15) is 9.90 Å². The van der Waals surface area contributed by atoms with Crippen molar-refractivity contribution in [3.8, 4) is 11.8 Å². The summed E-state index contributed by atoms with van der Waals surface area (Å²) in [6.45, 7) is 2.68. The van der Waals surface area contributed by atoms with Crippen LogP contribution in [-0.4, -0.2) is 42.7 Å². The summed E-state index contributed by atoms with van der Waals surface area (Å²) in [7, 11) is 2.13. The fourth-order valence-corrected chi connectivity index (χ4v) is 5.78. The molecule has 0 bridgehead atoms. The van der Waals surface area contributed by atoms with E-state index in [4.69, 9.17) is 5.73 Å². The number of aromatic carboxylic acids is 1. The zero-order valence-electron chi connectivity index (χ0n) is 17.4. The molecule has 0 amide bonds. The summed E-state index contributed by atoms with van der Waals surface area (Å²) in [5.41, 5.74) is 9.46. The van der Waals surface area contributed by atoms with Crippen LogP contribution in [0.3, 0.4) is 0 Å². The van der Waals surface area contributed by atoms with Gasteiger partial charge in [0.2, 0.25) is 0 Å². The molecule has 1 aliphatic heterocycles. The molecule has 0 atom stereocenters. The first-order valence-corrected chi connectivity index (χ1v) is 11.9. The highest BCUT2D eigenvalue weighted by Gasteiger charge is 2.30. The number of thiophene rings is 1. The molecule has 2 fully saturated rings. The van der Waals surface area contributed by atoms with Gasteiger partial charge < -0.3 is 15.7 Å². The molecule has 0 spiro atoms. The van der Waals surface area contributed by atoms with E-state index in [1.165, 1.54) is 61.0 Å². The third kappa shape index (κ3) is 4.94. The van der Waals surface area contributed by atoms with Crippen molar-refractivity contribution in [1.82, 2.24) is 4.90 Å². The van der Waals surface area contributed by atoms with Crippen LogP contribution in [0.25, 0.3) is 5.57 Å². The molecule has 29 heavy (non-hydrogen) atoms. The summed E-state index contributed by atoms with van der Waals surface area (Å²) >= 11 is 1.35. The number of carboxylic acids is 1. The maximum Gasteiger partial charge on any atom is 0.346 e. The summed E-state index contributed by atoms with van der Waals surface area (Å²) < 4.78 is 0. The summed E-state index contributed by atoms with van der Waals surface area (Å²) in [4.78, 5) is 15.7. The third-order valence-corrected chi connectivity index (χ3v) is 7.76. The first kappa shape index (κ1) is 20.7. The summed E-state index contributed by atoms with van der Waals surface area (Å²) in [6.07, 6.45) is 9.49. The molecule has 1 aromatic rings. The van der Waals surface area contributed by atoms with Gasteiger partial charge in [-0.15, -0.1) is 11.3 Å². The van der Waals surface area contributed by atoms with Crippen LogP contribution >= 0.6 is 11.3 Å². The molecule has 2 aliphatic carbocycles. The lowest BCUT2D eigenvalue weighted by atomic mass is 9.74. The molecule has 2 heterocycles. The molecule has 0 unspecified atom stereocenters. The average molecular weight is 413 g/mol. The Kier molecular flexibility index (Phi) is 6.44. The predicted molar refractivity (Wildman–Crippen MR) is 119 cm³/mol. The number of nitrogens with zero attached hydrogens (tertiary/aromatic N) is 1. The summed E-state index contributed by atoms with van der Waals surface area (Å²) in [6, 6.07) is 2.05. The Balaban J connectivity index is 1.66. The maximum absolute atomic E-state index is 12.0. The predicted octanol–water partition coefficient (Wildman–Crippen LogP) is 4.45. The fraction of sp³-hybridized carbons (Fsp3) is 0.625. The number of hydrogen-bond donors (Lipinski definition) is 2. The fourth-order valence-electron chi connectivity index (χ4n) is 4.89. The van der Waals surface area contributed by atoms with Gasteiger partial charge in [-0.3, -0.25) is 0 Å². The topological polar surface area (TPSA) is 66.6 Å². The standard InChI is InChI=1S/C24H32N2O2S/c1-26-13-11-20(18-7-4-17(5-8-18)10-12-25)22(15-26)21-14-19(9-6-16-2-3-16)29-23(21)24(27)28/h14,16-18H,2-5,7-8,10-13,15,25H2,1H3,(H,27,28). The van der Waals surface area contributed by atoms with Gasteiger partial charge in [0.1, 0.15) is 4.88 Å². The van der Waals surface area contributed by atoms with Gasteiger partial charge in [0.15, 0.2) is 0 Å².